The molecule has 2 aliphatic carbocycles. The third-order valence-corrected chi connectivity index (χ3v) is 11.8. The van der Waals surface area contributed by atoms with Crippen LogP contribution in [0, 0.1) is 0 Å². The number of nitrogens with one attached hydrogen (secondary N) is 3. The maximum Gasteiger partial charge on any atom is 0.343 e. The Morgan fingerprint density at radius 3 is 1.36 bits per heavy atom. The molecule has 19 heteroatoms. The van der Waals surface area contributed by atoms with Gasteiger partial charge in [0.25, 0.3) is 22.6 Å². The summed E-state index contributed by atoms with van der Waals surface area (Å²) in [5.41, 5.74) is 6.29. The predicted octanol–water partition coefficient (Wildman–Crippen LogP) is 6.65. The average Bonchev–Trinajstić information content (AvgIpc) is 4.01. The minimum atomic E-state index is -0.546. The summed E-state index contributed by atoms with van der Waals surface area (Å²) >= 11 is 5.64. The largest absolute Gasteiger partial charge is 0.462 e. The topological polar surface area (TPSA) is 223 Å². The number of H-pyrrole nitrogens is 3. The first kappa shape index (κ1) is 45.0. The number of ether oxygens (including phenoxy) is 2. The molecule has 0 spiro atoms. The molecule has 0 radical (unpaired) electrons. The molecule has 18 nitrogen and oxygen atoms in total. The molecule has 340 valence electrons. The van der Waals surface area contributed by atoms with Crippen LogP contribution < -0.4 is 16.7 Å². The summed E-state index contributed by atoms with van der Waals surface area (Å²) in [7, 11) is 3.35. The smallest absolute Gasteiger partial charge is 0.343 e. The molecule has 0 atom stereocenters. The van der Waals surface area contributed by atoms with E-state index in [4.69, 9.17) is 21.1 Å². The number of benzene rings is 2. The van der Waals surface area contributed by atoms with Gasteiger partial charge in [-0.3, -0.25) is 34.5 Å². The normalized spacial score (nSPS) is 13.5. The van der Waals surface area contributed by atoms with Crippen molar-refractivity contribution in [2.24, 2.45) is 0 Å². The van der Waals surface area contributed by atoms with E-state index < -0.39 is 11.9 Å². The zero-order valence-electron chi connectivity index (χ0n) is 36.7. The molecule has 6 aromatic heterocycles. The Hall–Kier alpha value is -7.60. The predicted molar refractivity (Wildman–Crippen MR) is 246 cm³/mol. The fraction of sp³-hybridized carbons (Fsp3) is 0.298. The van der Waals surface area contributed by atoms with Gasteiger partial charge < -0.3 is 14.4 Å². The number of hydrogen-bond donors (Lipinski definition) is 3. The van der Waals surface area contributed by atoms with Crippen LogP contribution in [-0.2, 0) is 9.47 Å². The van der Waals surface area contributed by atoms with Crippen molar-refractivity contribution in [2.75, 3.05) is 27.3 Å². The van der Waals surface area contributed by atoms with Crippen molar-refractivity contribution in [3.05, 3.63) is 149 Å². The summed E-state index contributed by atoms with van der Waals surface area (Å²) in [5, 5.41) is 8.20. The van der Waals surface area contributed by atoms with Crippen LogP contribution in [0.15, 0.2) is 99.7 Å². The van der Waals surface area contributed by atoms with E-state index in [-0.39, 0.29) is 63.4 Å². The van der Waals surface area contributed by atoms with Crippen molar-refractivity contribution in [3.8, 4) is 22.5 Å². The number of esters is 2. The molecule has 66 heavy (non-hydrogen) atoms. The van der Waals surface area contributed by atoms with Gasteiger partial charge in [-0.2, -0.15) is 0 Å². The third-order valence-electron chi connectivity index (χ3n) is 11.7. The van der Waals surface area contributed by atoms with Crippen LogP contribution in [0.25, 0.3) is 39.5 Å². The fourth-order valence-corrected chi connectivity index (χ4v) is 7.84. The molecule has 0 unspecified atom stereocenters. The molecular formula is C47H47ClN10O8. The van der Waals surface area contributed by atoms with E-state index >= 15 is 0 Å². The van der Waals surface area contributed by atoms with Crippen LogP contribution in [0.4, 0.5) is 0 Å². The van der Waals surface area contributed by atoms with Gasteiger partial charge in [0.2, 0.25) is 0 Å². The second-order valence-electron chi connectivity index (χ2n) is 16.1. The highest BCUT2D eigenvalue weighted by Crippen LogP contribution is 2.38. The Bertz CT molecular complexity index is 3260. The Morgan fingerprint density at radius 1 is 0.606 bits per heavy atom. The van der Waals surface area contributed by atoms with Crippen LogP contribution in [0.5, 0.6) is 0 Å². The van der Waals surface area contributed by atoms with Crippen molar-refractivity contribution in [1.29, 1.82) is 0 Å². The van der Waals surface area contributed by atoms with E-state index in [9.17, 15) is 28.8 Å². The van der Waals surface area contributed by atoms with Gasteiger partial charge in [0.05, 0.1) is 24.6 Å². The SMILES string of the molecule is CCOC(=O)c1c[nH]n2c(=O)cc(-c3ccc(C4CCC4)cc3)nc12.CCOC(=O)c1c[nH]n2c(=O)cc(Cl)nc12.CN(C)C(=O)c1c[nH]n2c(=O)cc(-c3ccc(C4CCC4)cc3)nc12. The molecule has 6 heterocycles. The Labute approximate surface area is 381 Å². The van der Waals surface area contributed by atoms with Crippen molar-refractivity contribution < 1.29 is 23.9 Å². The summed E-state index contributed by atoms with van der Waals surface area (Å²) in [5.74, 6) is 0.100. The maximum atomic E-state index is 12.4. The summed E-state index contributed by atoms with van der Waals surface area (Å²) in [4.78, 5) is 86.4. The number of halogens is 1. The van der Waals surface area contributed by atoms with Crippen LogP contribution in [-0.4, -0.2) is 93.8 Å². The first-order valence-corrected chi connectivity index (χ1v) is 22.0. The molecule has 2 aromatic carbocycles. The molecule has 10 rings (SSSR count). The van der Waals surface area contributed by atoms with Gasteiger partial charge >= 0.3 is 11.9 Å². The van der Waals surface area contributed by atoms with Crippen molar-refractivity contribution in [1.82, 2.24) is 48.7 Å². The second-order valence-corrected chi connectivity index (χ2v) is 16.4. The number of aromatic amines is 3. The minimum Gasteiger partial charge on any atom is -0.462 e. The number of rotatable bonds is 9. The van der Waals surface area contributed by atoms with Crippen molar-refractivity contribution in [3.63, 3.8) is 0 Å². The van der Waals surface area contributed by atoms with Gasteiger partial charge in [0, 0.05) is 62.0 Å². The molecule has 0 aliphatic heterocycles. The third kappa shape index (κ3) is 9.17. The summed E-state index contributed by atoms with van der Waals surface area (Å²) < 4.78 is 13.5. The number of fused-ring (bicyclic) bond motifs is 3. The number of carbonyl (C=O) groups excluding carboxylic acids is 3. The average molecular weight is 915 g/mol. The number of aromatic nitrogens is 9. The number of nitrogens with zero attached hydrogens (tertiary/aromatic N) is 7. The van der Waals surface area contributed by atoms with E-state index in [1.807, 2.05) is 24.3 Å². The number of hydrogen-bond acceptors (Lipinski definition) is 11. The van der Waals surface area contributed by atoms with Crippen LogP contribution in [0.2, 0.25) is 5.15 Å². The molecule has 2 fully saturated rings. The molecule has 1 amide bonds. The van der Waals surface area contributed by atoms with Gasteiger partial charge in [-0.05, 0) is 62.5 Å². The van der Waals surface area contributed by atoms with Gasteiger partial charge in [-0.25, -0.2) is 38.1 Å². The monoisotopic (exact) mass is 914 g/mol. The van der Waals surface area contributed by atoms with E-state index in [0.717, 1.165) is 21.7 Å². The Kier molecular flexibility index (Phi) is 13.1. The van der Waals surface area contributed by atoms with E-state index in [0.29, 0.717) is 34.4 Å². The first-order chi connectivity index (χ1) is 31.8. The molecule has 0 bridgehead atoms. The van der Waals surface area contributed by atoms with Crippen LogP contribution in [0.1, 0.15) is 106 Å². The Balaban J connectivity index is 0.000000138. The molecule has 2 saturated carbocycles. The zero-order valence-corrected chi connectivity index (χ0v) is 37.4. The fourth-order valence-electron chi connectivity index (χ4n) is 7.66. The molecule has 0 saturated heterocycles. The van der Waals surface area contributed by atoms with Crippen LogP contribution >= 0.6 is 11.6 Å². The van der Waals surface area contributed by atoms with E-state index in [1.54, 1.807) is 27.9 Å². The Morgan fingerprint density at radius 2 is 0.985 bits per heavy atom. The zero-order chi connectivity index (χ0) is 46.6. The lowest BCUT2D eigenvalue weighted by Gasteiger charge is -2.25. The first-order valence-electron chi connectivity index (χ1n) is 21.6. The minimum absolute atomic E-state index is 0.0372. The lowest BCUT2D eigenvalue weighted by Crippen LogP contribution is -2.22. The quantitative estimate of drug-likeness (QED) is 0.103. The maximum absolute atomic E-state index is 12.4. The summed E-state index contributed by atoms with van der Waals surface area (Å²) in [6.07, 6.45) is 11.9. The van der Waals surface area contributed by atoms with Crippen molar-refractivity contribution in [2.45, 2.75) is 64.2 Å². The van der Waals surface area contributed by atoms with E-state index in [1.165, 1.54) is 94.3 Å². The lowest BCUT2D eigenvalue weighted by molar-refractivity contribution is 0.0518. The highest BCUT2D eigenvalue weighted by Gasteiger charge is 2.22. The highest BCUT2D eigenvalue weighted by atomic mass is 35.5. The number of carbonyl (C=O) groups is 3. The molecular weight excluding hydrogens is 868 g/mol. The summed E-state index contributed by atoms with van der Waals surface area (Å²) in [6.45, 7) is 3.95. The van der Waals surface area contributed by atoms with Gasteiger partial charge in [-0.15, -0.1) is 0 Å². The van der Waals surface area contributed by atoms with Crippen LogP contribution in [0.3, 0.4) is 0 Å². The van der Waals surface area contributed by atoms with E-state index in [2.05, 4.69) is 54.5 Å². The van der Waals surface area contributed by atoms with Gasteiger partial charge in [0.15, 0.2) is 16.9 Å². The highest BCUT2D eigenvalue weighted by molar-refractivity contribution is 6.29. The molecule has 3 N–H and O–H groups in total. The summed E-state index contributed by atoms with van der Waals surface area (Å²) in [6, 6.07) is 20.5. The molecule has 2 aliphatic rings. The van der Waals surface area contributed by atoms with Crippen molar-refractivity contribution >= 4 is 46.4 Å². The second kappa shape index (κ2) is 19.2. The number of amides is 1. The van der Waals surface area contributed by atoms with Gasteiger partial charge in [0.1, 0.15) is 21.8 Å². The van der Waals surface area contributed by atoms with Gasteiger partial charge in [-0.1, -0.05) is 73.0 Å². The lowest BCUT2D eigenvalue weighted by atomic mass is 9.80. The molecule has 8 aromatic rings. The standard InChI is InChI=1S/C19H20N4O2.C19H19N3O3.C9H8ClN3O3/c1-22(2)19(25)15-11-20-23-17(24)10-16(21-18(15)23)14-8-6-13(7-9-14)12-4-3-5-12;1-2-25-19(24)15-11-20-22-17(23)10-16(21-18(15)22)14-8-6-13(7-9-14)12-4-3-5-12;1-2-16-9(15)5-4-11-13-7(14)3-6(10)12-8(5)13/h6-12,20H,3-5H2,1-2H3;6-12,20H,2-5H2,1H3;3-4,11H,2H2,1H3.